The fourth-order valence-corrected chi connectivity index (χ4v) is 3.47. The van der Waals surface area contributed by atoms with Crippen LogP contribution in [0.25, 0.3) is 0 Å². The van der Waals surface area contributed by atoms with E-state index in [0.717, 1.165) is 6.92 Å². The largest absolute Gasteiger partial charge is 0.437 e. The standard InChI is InChI=1S/C18H12Cl2O4/c1-9-14(7-11(19)8-15(9)20)18(24-10(2)21)16(22)12-5-3-4-6-13(12)17(18)23/h3-8H,1-2H3. The van der Waals surface area contributed by atoms with Gasteiger partial charge in [0.05, 0.1) is 0 Å². The van der Waals surface area contributed by atoms with Gasteiger partial charge < -0.3 is 4.74 Å². The summed E-state index contributed by atoms with van der Waals surface area (Å²) in [6.45, 7) is 2.79. The molecule has 0 aliphatic heterocycles. The molecule has 0 atom stereocenters. The Balaban J connectivity index is 2.36. The third kappa shape index (κ3) is 2.26. The predicted octanol–water partition coefficient (Wildman–Crippen LogP) is 4.14. The monoisotopic (exact) mass is 362 g/mol. The Morgan fingerprint density at radius 1 is 1.04 bits per heavy atom. The number of ketones is 2. The maximum Gasteiger partial charge on any atom is 0.304 e. The average molecular weight is 363 g/mol. The Hall–Kier alpha value is -2.17. The fraction of sp³-hybridized carbons (Fsp3) is 0.167. The Labute approximate surface area is 148 Å². The Morgan fingerprint density at radius 2 is 1.58 bits per heavy atom. The minimum Gasteiger partial charge on any atom is -0.437 e. The van der Waals surface area contributed by atoms with Gasteiger partial charge in [-0.1, -0.05) is 47.5 Å². The van der Waals surface area contributed by atoms with Crippen molar-refractivity contribution in [3.63, 3.8) is 0 Å². The zero-order valence-corrected chi connectivity index (χ0v) is 14.4. The van der Waals surface area contributed by atoms with Crippen molar-refractivity contribution in [2.45, 2.75) is 19.4 Å². The smallest absolute Gasteiger partial charge is 0.304 e. The highest BCUT2D eigenvalue weighted by atomic mass is 35.5. The van der Waals surface area contributed by atoms with Crippen molar-refractivity contribution in [1.29, 1.82) is 0 Å². The molecule has 0 radical (unpaired) electrons. The molecular weight excluding hydrogens is 351 g/mol. The van der Waals surface area contributed by atoms with Gasteiger partial charge >= 0.3 is 5.97 Å². The van der Waals surface area contributed by atoms with Crippen LogP contribution in [0.2, 0.25) is 10.0 Å². The molecule has 0 saturated heterocycles. The van der Waals surface area contributed by atoms with E-state index in [2.05, 4.69) is 0 Å². The molecular formula is C18H12Cl2O4. The zero-order chi connectivity index (χ0) is 17.6. The van der Waals surface area contributed by atoms with Crippen LogP contribution in [0.5, 0.6) is 0 Å². The minimum atomic E-state index is -2.09. The lowest BCUT2D eigenvalue weighted by Crippen LogP contribution is -2.43. The Kier molecular flexibility index (Phi) is 3.98. The molecule has 0 aromatic heterocycles. The number of esters is 1. The second-order valence-corrected chi connectivity index (χ2v) is 6.38. The van der Waals surface area contributed by atoms with Crippen LogP contribution in [0.3, 0.4) is 0 Å². The number of rotatable bonds is 2. The van der Waals surface area contributed by atoms with Gasteiger partial charge in [-0.3, -0.25) is 14.4 Å². The van der Waals surface area contributed by atoms with E-state index < -0.39 is 23.1 Å². The predicted molar refractivity (Wildman–Crippen MR) is 89.7 cm³/mol. The molecule has 122 valence electrons. The number of carbonyl (C=O) groups is 3. The molecule has 1 aliphatic rings. The summed E-state index contributed by atoms with van der Waals surface area (Å²) >= 11 is 12.2. The molecule has 0 saturated carbocycles. The molecule has 0 heterocycles. The zero-order valence-electron chi connectivity index (χ0n) is 12.9. The van der Waals surface area contributed by atoms with Crippen molar-refractivity contribution in [3.05, 3.63) is 68.7 Å². The normalized spacial score (nSPS) is 15.3. The number of fused-ring (bicyclic) bond motifs is 1. The molecule has 0 unspecified atom stereocenters. The summed E-state index contributed by atoms with van der Waals surface area (Å²) in [4.78, 5) is 37.8. The second-order valence-electron chi connectivity index (χ2n) is 5.54. The second kappa shape index (κ2) is 5.72. The van der Waals surface area contributed by atoms with Crippen molar-refractivity contribution in [3.8, 4) is 0 Å². The van der Waals surface area contributed by atoms with E-state index >= 15 is 0 Å². The first-order valence-electron chi connectivity index (χ1n) is 7.13. The third-order valence-electron chi connectivity index (χ3n) is 4.04. The molecule has 6 heteroatoms. The highest BCUT2D eigenvalue weighted by molar-refractivity contribution is 6.37. The molecule has 2 aromatic carbocycles. The van der Waals surface area contributed by atoms with E-state index in [1.54, 1.807) is 19.1 Å². The highest BCUT2D eigenvalue weighted by Gasteiger charge is 2.58. The van der Waals surface area contributed by atoms with Gasteiger partial charge in [0.2, 0.25) is 11.6 Å². The van der Waals surface area contributed by atoms with Crippen molar-refractivity contribution < 1.29 is 19.1 Å². The molecule has 0 spiro atoms. The van der Waals surface area contributed by atoms with Crippen molar-refractivity contribution in [1.82, 2.24) is 0 Å². The molecule has 2 aromatic rings. The average Bonchev–Trinajstić information content (AvgIpc) is 2.74. The Bertz CT molecular complexity index is 867. The molecule has 24 heavy (non-hydrogen) atoms. The summed E-state index contributed by atoms with van der Waals surface area (Å²) in [5.74, 6) is -1.94. The van der Waals surface area contributed by atoms with Gasteiger partial charge in [-0.25, -0.2) is 0 Å². The van der Waals surface area contributed by atoms with Gasteiger partial charge in [-0.15, -0.1) is 0 Å². The molecule has 0 bridgehead atoms. The quantitative estimate of drug-likeness (QED) is 0.594. The summed E-state index contributed by atoms with van der Waals surface area (Å²) in [7, 11) is 0. The van der Waals surface area contributed by atoms with Gasteiger partial charge in [0, 0.05) is 33.7 Å². The maximum absolute atomic E-state index is 13.1. The van der Waals surface area contributed by atoms with Crippen LogP contribution >= 0.6 is 23.2 Å². The number of Topliss-reactive ketones (excluding diaryl/α,β-unsaturated/α-hetero) is 2. The van der Waals surface area contributed by atoms with Crippen molar-refractivity contribution in [2.24, 2.45) is 0 Å². The number of hydrogen-bond acceptors (Lipinski definition) is 4. The molecule has 4 nitrogen and oxygen atoms in total. The highest BCUT2D eigenvalue weighted by Crippen LogP contribution is 2.44. The molecule has 0 fully saturated rings. The first-order chi connectivity index (χ1) is 11.3. The van der Waals surface area contributed by atoms with E-state index in [4.69, 9.17) is 27.9 Å². The summed E-state index contributed by atoms with van der Waals surface area (Å²) < 4.78 is 5.33. The Morgan fingerprint density at radius 3 is 2.08 bits per heavy atom. The van der Waals surface area contributed by atoms with Crippen molar-refractivity contribution in [2.75, 3.05) is 0 Å². The summed E-state index contributed by atoms with van der Waals surface area (Å²) in [5, 5.41) is 0.518. The van der Waals surface area contributed by atoms with Crippen LogP contribution in [-0.4, -0.2) is 17.5 Å². The summed E-state index contributed by atoms with van der Waals surface area (Å²) in [6, 6.07) is 9.29. The van der Waals surface area contributed by atoms with Crippen LogP contribution in [0.1, 0.15) is 38.8 Å². The van der Waals surface area contributed by atoms with Gasteiger partial charge in [-0.2, -0.15) is 0 Å². The fourth-order valence-electron chi connectivity index (χ4n) is 2.98. The third-order valence-corrected chi connectivity index (χ3v) is 4.65. The van der Waals surface area contributed by atoms with E-state index in [1.165, 1.54) is 24.3 Å². The molecule has 0 N–H and O–H groups in total. The molecule has 1 aliphatic carbocycles. The van der Waals surface area contributed by atoms with E-state index in [0.29, 0.717) is 5.56 Å². The lowest BCUT2D eigenvalue weighted by Gasteiger charge is -2.28. The van der Waals surface area contributed by atoms with E-state index in [1.807, 2.05) is 0 Å². The van der Waals surface area contributed by atoms with Gasteiger partial charge in [0.1, 0.15) is 0 Å². The van der Waals surface area contributed by atoms with Crippen LogP contribution in [0.15, 0.2) is 36.4 Å². The van der Waals surface area contributed by atoms with Gasteiger partial charge in [0.15, 0.2) is 0 Å². The number of benzene rings is 2. The molecule has 0 amide bonds. The van der Waals surface area contributed by atoms with E-state index in [-0.39, 0.29) is 26.7 Å². The van der Waals surface area contributed by atoms with Crippen molar-refractivity contribution >= 4 is 40.7 Å². The van der Waals surface area contributed by atoms with Crippen LogP contribution in [0, 0.1) is 6.92 Å². The number of carbonyl (C=O) groups excluding carboxylic acids is 3. The van der Waals surface area contributed by atoms with Crippen LogP contribution < -0.4 is 0 Å². The topological polar surface area (TPSA) is 60.4 Å². The lowest BCUT2D eigenvalue weighted by molar-refractivity contribution is -0.149. The first kappa shape index (κ1) is 16.7. The SMILES string of the molecule is CC(=O)OC1(c2cc(Cl)cc(Cl)c2C)C(=O)c2ccccc2C1=O. The lowest BCUT2D eigenvalue weighted by atomic mass is 9.85. The minimum absolute atomic E-state index is 0.182. The number of hydrogen-bond donors (Lipinski definition) is 0. The number of ether oxygens (including phenoxy) is 1. The summed E-state index contributed by atoms with van der Waals surface area (Å²) in [6.07, 6.45) is 0. The number of halogens is 2. The van der Waals surface area contributed by atoms with E-state index in [9.17, 15) is 14.4 Å². The maximum atomic E-state index is 13.1. The first-order valence-corrected chi connectivity index (χ1v) is 7.89. The summed E-state index contributed by atoms with van der Waals surface area (Å²) in [5.41, 5.74) is -1.04. The molecule has 3 rings (SSSR count). The van der Waals surface area contributed by atoms with Crippen LogP contribution in [0.4, 0.5) is 0 Å². The van der Waals surface area contributed by atoms with Crippen LogP contribution in [-0.2, 0) is 15.1 Å². The van der Waals surface area contributed by atoms with Gasteiger partial charge in [-0.05, 0) is 24.6 Å². The van der Waals surface area contributed by atoms with Gasteiger partial charge in [0.25, 0.3) is 5.60 Å².